The van der Waals surface area contributed by atoms with Gasteiger partial charge in [-0.05, 0) is 12.1 Å². The quantitative estimate of drug-likeness (QED) is 0.366. The topological polar surface area (TPSA) is 81.8 Å². The lowest BCUT2D eigenvalue weighted by molar-refractivity contribution is -0.384. The number of benzene rings is 2. The molecule has 0 saturated heterocycles. The number of hydrogen-bond donors (Lipinski definition) is 0. The SMILES string of the molecule is O=C(O/N=C\c1ccccc1Br)c1cccc([N+](=O)[O-])c1. The fraction of sp³-hybridized carbons (Fsp3) is 0. The number of non-ortho nitro benzene ring substituents is 1. The molecule has 0 aromatic heterocycles. The van der Waals surface area contributed by atoms with Crippen LogP contribution in [-0.4, -0.2) is 17.1 Å². The van der Waals surface area contributed by atoms with Crippen LogP contribution in [0.15, 0.2) is 58.2 Å². The van der Waals surface area contributed by atoms with Crippen LogP contribution in [0.2, 0.25) is 0 Å². The number of carbonyl (C=O) groups excluding carboxylic acids is 1. The summed E-state index contributed by atoms with van der Waals surface area (Å²) < 4.78 is 0.806. The third-order valence-corrected chi connectivity index (χ3v) is 3.25. The van der Waals surface area contributed by atoms with Gasteiger partial charge in [-0.2, -0.15) is 0 Å². The highest BCUT2D eigenvalue weighted by atomic mass is 79.9. The minimum atomic E-state index is -0.762. The van der Waals surface area contributed by atoms with Crippen molar-refractivity contribution in [1.82, 2.24) is 0 Å². The molecule has 0 aliphatic heterocycles. The number of rotatable bonds is 4. The van der Waals surface area contributed by atoms with Gasteiger partial charge in [-0.15, -0.1) is 0 Å². The summed E-state index contributed by atoms with van der Waals surface area (Å²) >= 11 is 3.33. The first-order valence-electron chi connectivity index (χ1n) is 5.81. The Morgan fingerprint density at radius 2 is 2.00 bits per heavy atom. The normalized spacial score (nSPS) is 10.5. The first-order valence-corrected chi connectivity index (χ1v) is 6.61. The molecule has 2 rings (SSSR count). The molecule has 0 fully saturated rings. The fourth-order valence-corrected chi connectivity index (χ4v) is 1.90. The maximum absolute atomic E-state index is 11.7. The molecule has 0 heterocycles. The van der Waals surface area contributed by atoms with Gasteiger partial charge in [-0.25, -0.2) is 4.79 Å². The lowest BCUT2D eigenvalue weighted by Gasteiger charge is -1.99. The van der Waals surface area contributed by atoms with Gasteiger partial charge >= 0.3 is 5.97 Å². The van der Waals surface area contributed by atoms with E-state index in [9.17, 15) is 14.9 Å². The second kappa shape index (κ2) is 6.76. The van der Waals surface area contributed by atoms with Gasteiger partial charge in [-0.1, -0.05) is 45.4 Å². The van der Waals surface area contributed by atoms with Gasteiger partial charge < -0.3 is 4.84 Å². The number of hydrogen-bond acceptors (Lipinski definition) is 5. The lowest BCUT2D eigenvalue weighted by atomic mass is 10.2. The molecule has 21 heavy (non-hydrogen) atoms. The predicted octanol–water partition coefficient (Wildman–Crippen LogP) is 3.55. The third-order valence-electron chi connectivity index (χ3n) is 2.53. The molecule has 0 amide bonds. The summed E-state index contributed by atoms with van der Waals surface area (Å²) in [6.07, 6.45) is 1.37. The highest BCUT2D eigenvalue weighted by molar-refractivity contribution is 9.10. The summed E-state index contributed by atoms with van der Waals surface area (Å²) in [5, 5.41) is 14.2. The van der Waals surface area contributed by atoms with Crippen LogP contribution in [0.1, 0.15) is 15.9 Å². The van der Waals surface area contributed by atoms with E-state index in [1.165, 1.54) is 24.4 Å². The van der Waals surface area contributed by atoms with Crippen LogP contribution < -0.4 is 0 Å². The number of nitro groups is 1. The Bertz CT molecular complexity index is 716. The van der Waals surface area contributed by atoms with Gasteiger partial charge in [0.05, 0.1) is 16.7 Å². The minimum absolute atomic E-state index is 0.0634. The van der Waals surface area contributed by atoms with Crippen LogP contribution in [-0.2, 0) is 4.84 Å². The Balaban J connectivity index is 2.07. The first-order chi connectivity index (χ1) is 10.1. The van der Waals surface area contributed by atoms with Crippen molar-refractivity contribution in [3.63, 3.8) is 0 Å². The summed E-state index contributed by atoms with van der Waals surface area (Å²) in [5.41, 5.74) is 0.622. The van der Waals surface area contributed by atoms with E-state index in [1.54, 1.807) is 6.07 Å². The van der Waals surface area contributed by atoms with Crippen molar-refractivity contribution < 1.29 is 14.6 Å². The van der Waals surface area contributed by atoms with E-state index >= 15 is 0 Å². The summed E-state index contributed by atoms with van der Waals surface area (Å²) in [4.78, 5) is 26.5. The molecule has 2 aromatic carbocycles. The van der Waals surface area contributed by atoms with Crippen molar-refractivity contribution in [1.29, 1.82) is 0 Å². The van der Waals surface area contributed by atoms with Crippen LogP contribution in [0.5, 0.6) is 0 Å². The number of nitro benzene ring substituents is 1. The zero-order valence-corrected chi connectivity index (χ0v) is 12.2. The molecule has 0 N–H and O–H groups in total. The van der Waals surface area contributed by atoms with Gasteiger partial charge in [0.25, 0.3) is 5.69 Å². The van der Waals surface area contributed by atoms with E-state index in [-0.39, 0.29) is 11.3 Å². The highest BCUT2D eigenvalue weighted by Crippen LogP contribution is 2.15. The van der Waals surface area contributed by atoms with Gasteiger partial charge in [0.1, 0.15) is 0 Å². The zero-order valence-electron chi connectivity index (χ0n) is 10.6. The molecule has 0 spiro atoms. The molecular formula is C14H9BrN2O4. The van der Waals surface area contributed by atoms with Crippen molar-refractivity contribution in [2.24, 2.45) is 5.16 Å². The lowest BCUT2D eigenvalue weighted by Crippen LogP contribution is -2.02. The Labute approximate surface area is 128 Å². The van der Waals surface area contributed by atoms with Crippen LogP contribution >= 0.6 is 15.9 Å². The van der Waals surface area contributed by atoms with E-state index in [0.717, 1.165) is 16.1 Å². The van der Waals surface area contributed by atoms with Crippen molar-refractivity contribution in [2.75, 3.05) is 0 Å². The van der Waals surface area contributed by atoms with E-state index in [1.807, 2.05) is 18.2 Å². The van der Waals surface area contributed by atoms with Crippen molar-refractivity contribution in [3.05, 3.63) is 74.2 Å². The van der Waals surface area contributed by atoms with E-state index in [0.29, 0.717) is 0 Å². The molecule has 2 aromatic rings. The van der Waals surface area contributed by atoms with Crippen molar-refractivity contribution >= 4 is 33.8 Å². The average molecular weight is 349 g/mol. The Hall–Kier alpha value is -2.54. The molecule has 0 saturated carbocycles. The van der Waals surface area contributed by atoms with Crippen LogP contribution in [0.3, 0.4) is 0 Å². The minimum Gasteiger partial charge on any atom is -0.313 e. The number of nitrogens with zero attached hydrogens (tertiary/aromatic N) is 2. The van der Waals surface area contributed by atoms with Gasteiger partial charge in [0.15, 0.2) is 0 Å². The maximum Gasteiger partial charge on any atom is 0.365 e. The first kappa shape index (κ1) is 14.9. The molecule has 0 radical (unpaired) electrons. The molecule has 0 atom stereocenters. The molecule has 0 aliphatic rings. The molecule has 7 heteroatoms. The molecule has 6 nitrogen and oxygen atoms in total. The van der Waals surface area contributed by atoms with E-state index < -0.39 is 10.9 Å². The van der Waals surface area contributed by atoms with E-state index in [4.69, 9.17) is 4.84 Å². The average Bonchev–Trinajstić information content (AvgIpc) is 2.49. The highest BCUT2D eigenvalue weighted by Gasteiger charge is 2.12. The third kappa shape index (κ3) is 3.96. The zero-order chi connectivity index (χ0) is 15.2. The van der Waals surface area contributed by atoms with Crippen molar-refractivity contribution in [2.45, 2.75) is 0 Å². The summed E-state index contributed by atoms with van der Waals surface area (Å²) in [7, 11) is 0. The Kier molecular flexibility index (Phi) is 4.78. The molecule has 0 unspecified atom stereocenters. The van der Waals surface area contributed by atoms with Crippen molar-refractivity contribution in [3.8, 4) is 0 Å². The standard InChI is InChI=1S/C14H9BrN2O4/c15-13-7-2-1-4-11(13)9-16-21-14(18)10-5-3-6-12(8-10)17(19)20/h1-9H/b16-9-. The summed E-state index contributed by atoms with van der Waals surface area (Å²) in [5.74, 6) is -0.762. The van der Waals surface area contributed by atoms with Crippen LogP contribution in [0.4, 0.5) is 5.69 Å². The molecule has 0 bridgehead atoms. The van der Waals surface area contributed by atoms with Gasteiger partial charge in [0.2, 0.25) is 0 Å². The van der Waals surface area contributed by atoms with Crippen LogP contribution in [0.25, 0.3) is 0 Å². The van der Waals surface area contributed by atoms with Gasteiger partial charge in [0, 0.05) is 22.2 Å². The number of halogens is 1. The predicted molar refractivity (Wildman–Crippen MR) is 80.2 cm³/mol. The molecule has 106 valence electrons. The monoisotopic (exact) mass is 348 g/mol. The summed E-state index contributed by atoms with van der Waals surface area (Å²) in [6, 6.07) is 12.5. The fourth-order valence-electron chi connectivity index (χ4n) is 1.51. The summed E-state index contributed by atoms with van der Waals surface area (Å²) in [6.45, 7) is 0. The Morgan fingerprint density at radius 1 is 1.24 bits per heavy atom. The number of oxime groups is 1. The van der Waals surface area contributed by atoms with Crippen LogP contribution in [0, 0.1) is 10.1 Å². The molecule has 0 aliphatic carbocycles. The maximum atomic E-state index is 11.7. The number of carbonyl (C=O) groups is 1. The second-order valence-corrected chi connectivity index (χ2v) is 4.80. The largest absolute Gasteiger partial charge is 0.365 e. The Morgan fingerprint density at radius 3 is 2.71 bits per heavy atom. The molecular weight excluding hydrogens is 340 g/mol. The second-order valence-electron chi connectivity index (χ2n) is 3.94. The van der Waals surface area contributed by atoms with Gasteiger partial charge in [-0.3, -0.25) is 10.1 Å². The van der Waals surface area contributed by atoms with E-state index in [2.05, 4.69) is 21.1 Å². The smallest absolute Gasteiger partial charge is 0.313 e.